The highest BCUT2D eigenvalue weighted by molar-refractivity contribution is 5.97. The summed E-state index contributed by atoms with van der Waals surface area (Å²) < 4.78 is 4.62. The van der Waals surface area contributed by atoms with E-state index in [2.05, 4.69) is 20.3 Å². The summed E-state index contributed by atoms with van der Waals surface area (Å²) in [6.07, 6.45) is -1.23. The Morgan fingerprint density at radius 3 is 2.75 bits per heavy atom. The third-order valence-electron chi connectivity index (χ3n) is 2.45. The Balaban J connectivity index is 2.39. The molecule has 0 radical (unpaired) electrons. The van der Waals surface area contributed by atoms with E-state index in [1.54, 1.807) is 6.92 Å². The van der Waals surface area contributed by atoms with Crippen LogP contribution in [0.4, 0.5) is 0 Å². The molecule has 1 atom stereocenters. The van der Waals surface area contributed by atoms with Gasteiger partial charge in [-0.05, 0) is 13.0 Å². The summed E-state index contributed by atoms with van der Waals surface area (Å²) >= 11 is 0. The second-order valence-corrected chi connectivity index (χ2v) is 4.04. The molecular weight excluding hydrogens is 266 g/mol. The number of aromatic amines is 1. The summed E-state index contributed by atoms with van der Waals surface area (Å²) in [5, 5.41) is 18.0. The van der Waals surface area contributed by atoms with Gasteiger partial charge in [-0.15, -0.1) is 0 Å². The van der Waals surface area contributed by atoms with E-state index in [0.29, 0.717) is 0 Å². The van der Waals surface area contributed by atoms with Crippen molar-refractivity contribution in [3.8, 4) is 0 Å². The molecule has 20 heavy (non-hydrogen) atoms. The first-order chi connectivity index (χ1) is 9.45. The number of ketones is 1. The highest BCUT2D eigenvalue weighted by Crippen LogP contribution is 2.01. The van der Waals surface area contributed by atoms with Crippen molar-refractivity contribution in [3.63, 3.8) is 0 Å². The summed E-state index contributed by atoms with van der Waals surface area (Å²) in [6.45, 7) is 3.25. The van der Waals surface area contributed by atoms with Crippen LogP contribution in [-0.4, -0.2) is 52.2 Å². The Morgan fingerprint density at radius 1 is 1.50 bits per heavy atom. The molecule has 0 aliphatic rings. The Morgan fingerprint density at radius 2 is 2.20 bits per heavy atom. The summed E-state index contributed by atoms with van der Waals surface area (Å²) in [7, 11) is 0. The summed E-state index contributed by atoms with van der Waals surface area (Å²) in [6, 6.07) is 1.33. The van der Waals surface area contributed by atoms with Crippen LogP contribution < -0.4 is 5.32 Å². The first-order valence-electron chi connectivity index (χ1n) is 6.15. The van der Waals surface area contributed by atoms with Crippen LogP contribution in [0.3, 0.4) is 0 Å². The molecule has 8 nitrogen and oxygen atoms in total. The van der Waals surface area contributed by atoms with Crippen LogP contribution in [0.15, 0.2) is 6.07 Å². The lowest BCUT2D eigenvalue weighted by Gasteiger charge is -2.09. The van der Waals surface area contributed by atoms with Crippen LogP contribution in [0, 0.1) is 0 Å². The second kappa shape index (κ2) is 7.39. The van der Waals surface area contributed by atoms with E-state index in [4.69, 9.17) is 0 Å². The van der Waals surface area contributed by atoms with Gasteiger partial charge in [0.05, 0.1) is 6.61 Å². The Kier molecular flexibility index (Phi) is 5.85. The molecule has 1 heterocycles. The normalized spacial score (nSPS) is 11.8. The fourth-order valence-corrected chi connectivity index (χ4v) is 1.39. The summed E-state index contributed by atoms with van der Waals surface area (Å²) in [4.78, 5) is 33.8. The zero-order valence-corrected chi connectivity index (χ0v) is 11.3. The van der Waals surface area contributed by atoms with Crippen LogP contribution in [0.25, 0.3) is 0 Å². The van der Waals surface area contributed by atoms with Crippen LogP contribution in [-0.2, 0) is 9.53 Å². The van der Waals surface area contributed by atoms with E-state index in [1.165, 1.54) is 13.0 Å². The lowest BCUT2D eigenvalue weighted by Crippen LogP contribution is -2.31. The molecule has 0 saturated heterocycles. The van der Waals surface area contributed by atoms with Crippen LogP contribution in [0.5, 0.6) is 0 Å². The molecule has 1 aromatic heterocycles. The van der Waals surface area contributed by atoms with Crippen molar-refractivity contribution in [1.82, 2.24) is 15.5 Å². The number of aliphatic hydroxyl groups excluding tert-OH is 1. The number of esters is 1. The zero-order chi connectivity index (χ0) is 15.1. The number of hydrogen-bond donors (Lipinski definition) is 3. The third-order valence-corrected chi connectivity index (χ3v) is 2.45. The van der Waals surface area contributed by atoms with Crippen molar-refractivity contribution in [3.05, 3.63) is 17.5 Å². The van der Waals surface area contributed by atoms with Gasteiger partial charge in [0.2, 0.25) is 0 Å². The smallest absolute Gasteiger partial charge is 0.335 e. The minimum Gasteiger partial charge on any atom is -0.464 e. The molecule has 1 amide bonds. The van der Waals surface area contributed by atoms with Gasteiger partial charge in [-0.2, -0.15) is 5.10 Å². The number of carbonyl (C=O) groups excluding carboxylic acids is 3. The van der Waals surface area contributed by atoms with Gasteiger partial charge in [0, 0.05) is 19.9 Å². The Hall–Kier alpha value is -2.22. The van der Waals surface area contributed by atoms with E-state index >= 15 is 0 Å². The van der Waals surface area contributed by atoms with Crippen molar-refractivity contribution >= 4 is 17.7 Å². The first-order valence-corrected chi connectivity index (χ1v) is 6.15. The second-order valence-electron chi connectivity index (χ2n) is 4.04. The number of H-pyrrole nitrogens is 1. The molecule has 110 valence electrons. The zero-order valence-electron chi connectivity index (χ0n) is 11.3. The standard InChI is InChI=1S/C12H17N3O5/c1-3-20-12(19)10(17)4-5-13-11(18)9-6-8(7(2)16)14-15-9/h6,10,17H,3-5H2,1-2H3,(H,13,18)(H,14,15). The van der Waals surface area contributed by atoms with Gasteiger partial charge in [0.1, 0.15) is 11.4 Å². The van der Waals surface area contributed by atoms with Crippen molar-refractivity contribution in [2.45, 2.75) is 26.4 Å². The molecule has 0 saturated carbocycles. The number of aliphatic hydroxyl groups is 1. The monoisotopic (exact) mass is 283 g/mol. The molecule has 0 bridgehead atoms. The number of nitrogens with one attached hydrogen (secondary N) is 2. The van der Waals surface area contributed by atoms with Gasteiger partial charge in [0.25, 0.3) is 5.91 Å². The minimum atomic E-state index is -1.27. The van der Waals surface area contributed by atoms with Gasteiger partial charge in [0.15, 0.2) is 11.9 Å². The lowest BCUT2D eigenvalue weighted by atomic mass is 10.2. The molecule has 0 fully saturated rings. The molecule has 0 aliphatic carbocycles. The number of carbonyl (C=O) groups is 3. The summed E-state index contributed by atoms with van der Waals surface area (Å²) in [5.41, 5.74) is 0.308. The molecule has 3 N–H and O–H groups in total. The maximum Gasteiger partial charge on any atom is 0.335 e. The highest BCUT2D eigenvalue weighted by Gasteiger charge is 2.17. The fraction of sp³-hybridized carbons (Fsp3) is 0.500. The number of hydrogen-bond acceptors (Lipinski definition) is 6. The molecule has 1 unspecified atom stereocenters. The number of ether oxygens (including phenoxy) is 1. The number of Topliss-reactive ketones (excluding diaryl/α,β-unsaturated/α-hetero) is 1. The predicted molar refractivity (Wildman–Crippen MR) is 68.2 cm³/mol. The maximum absolute atomic E-state index is 11.7. The molecule has 0 aromatic carbocycles. The molecule has 1 rings (SSSR count). The van der Waals surface area contributed by atoms with E-state index < -0.39 is 18.0 Å². The lowest BCUT2D eigenvalue weighted by molar-refractivity contribution is -0.153. The van der Waals surface area contributed by atoms with Gasteiger partial charge >= 0.3 is 5.97 Å². The van der Waals surface area contributed by atoms with E-state index in [-0.39, 0.29) is 36.7 Å². The van der Waals surface area contributed by atoms with Crippen molar-refractivity contribution < 1.29 is 24.2 Å². The van der Waals surface area contributed by atoms with Gasteiger partial charge in [-0.1, -0.05) is 0 Å². The number of nitrogens with zero attached hydrogens (tertiary/aromatic N) is 1. The van der Waals surface area contributed by atoms with E-state index in [1.807, 2.05) is 0 Å². The highest BCUT2D eigenvalue weighted by atomic mass is 16.5. The van der Waals surface area contributed by atoms with Crippen molar-refractivity contribution in [2.75, 3.05) is 13.2 Å². The topological polar surface area (TPSA) is 121 Å². The molecule has 0 spiro atoms. The van der Waals surface area contributed by atoms with E-state index in [9.17, 15) is 19.5 Å². The number of aromatic nitrogens is 2. The van der Waals surface area contributed by atoms with Crippen LogP contribution in [0.1, 0.15) is 41.2 Å². The fourth-order valence-electron chi connectivity index (χ4n) is 1.39. The van der Waals surface area contributed by atoms with Gasteiger partial charge in [-0.3, -0.25) is 14.7 Å². The molecule has 8 heteroatoms. The third kappa shape index (κ3) is 4.47. The molecule has 1 aromatic rings. The summed E-state index contributed by atoms with van der Waals surface area (Å²) in [5.74, 6) is -1.44. The van der Waals surface area contributed by atoms with Crippen LogP contribution in [0.2, 0.25) is 0 Å². The predicted octanol–water partition coefficient (Wildman–Crippen LogP) is -0.344. The number of amides is 1. The first kappa shape index (κ1) is 15.8. The SMILES string of the molecule is CCOC(=O)C(O)CCNC(=O)c1cc(C(C)=O)n[nH]1. The van der Waals surface area contributed by atoms with Crippen molar-refractivity contribution in [2.24, 2.45) is 0 Å². The largest absolute Gasteiger partial charge is 0.464 e. The Bertz CT molecular complexity index is 497. The van der Waals surface area contributed by atoms with Crippen molar-refractivity contribution in [1.29, 1.82) is 0 Å². The van der Waals surface area contributed by atoms with Gasteiger partial charge < -0.3 is 15.2 Å². The number of rotatable bonds is 7. The maximum atomic E-state index is 11.7. The van der Waals surface area contributed by atoms with E-state index in [0.717, 1.165) is 0 Å². The minimum absolute atomic E-state index is 0.0400. The van der Waals surface area contributed by atoms with Crippen LogP contribution >= 0.6 is 0 Å². The molecule has 0 aliphatic heterocycles. The average Bonchev–Trinajstić information content (AvgIpc) is 2.88. The average molecular weight is 283 g/mol. The van der Waals surface area contributed by atoms with Gasteiger partial charge in [-0.25, -0.2) is 4.79 Å². The molecular formula is C12H17N3O5. The Labute approximate surface area is 115 Å². The quantitative estimate of drug-likeness (QED) is 0.465.